The van der Waals surface area contributed by atoms with Crippen molar-refractivity contribution in [3.63, 3.8) is 0 Å². The third-order valence-electron chi connectivity index (χ3n) is 4.68. The van der Waals surface area contributed by atoms with Gasteiger partial charge in [-0.2, -0.15) is 0 Å². The highest BCUT2D eigenvalue weighted by Gasteiger charge is 2.40. The van der Waals surface area contributed by atoms with Gasteiger partial charge in [0.15, 0.2) is 0 Å². The summed E-state index contributed by atoms with van der Waals surface area (Å²) in [5, 5.41) is 5.97. The molecule has 144 valence electrons. The fourth-order valence-corrected chi connectivity index (χ4v) is 3.58. The second kappa shape index (κ2) is 7.83. The zero-order valence-electron chi connectivity index (χ0n) is 14.3. The number of piperidine rings is 1. The Balaban J connectivity index is 1.99. The van der Waals surface area contributed by atoms with Crippen LogP contribution in [0.2, 0.25) is 0 Å². The lowest BCUT2D eigenvalue weighted by atomic mass is 9.80. The molecule has 10 heteroatoms. The molecule has 3 rings (SSSR count). The molecule has 1 aromatic carbocycles. The molecule has 1 amide bonds. The van der Waals surface area contributed by atoms with E-state index >= 15 is 0 Å². The maximum Gasteiger partial charge on any atom is 0.254 e. The summed E-state index contributed by atoms with van der Waals surface area (Å²) in [5.74, 6) is -2.24. The van der Waals surface area contributed by atoms with Crippen molar-refractivity contribution < 1.29 is 13.6 Å². The van der Waals surface area contributed by atoms with Crippen molar-refractivity contribution in [1.82, 2.24) is 20.6 Å². The molecule has 1 aromatic heterocycles. The first-order valence-corrected chi connectivity index (χ1v) is 9.12. The van der Waals surface area contributed by atoms with Crippen LogP contribution in [0.25, 0.3) is 0 Å². The second-order valence-corrected chi connectivity index (χ2v) is 7.26. The van der Waals surface area contributed by atoms with E-state index in [1.54, 1.807) is 0 Å². The van der Waals surface area contributed by atoms with Gasteiger partial charge < -0.3 is 22.1 Å². The van der Waals surface area contributed by atoms with Gasteiger partial charge in [0, 0.05) is 11.6 Å². The smallest absolute Gasteiger partial charge is 0.254 e. The average Bonchev–Trinajstić information content (AvgIpc) is 2.62. The normalized spacial score (nSPS) is 17.3. The number of benzene rings is 1. The summed E-state index contributed by atoms with van der Waals surface area (Å²) in [6.07, 6.45) is 2.39. The molecule has 1 aliphatic rings. The topological polar surface area (TPSA) is 119 Å². The zero-order chi connectivity index (χ0) is 19.6. The molecule has 1 unspecified atom stereocenters. The summed E-state index contributed by atoms with van der Waals surface area (Å²) in [5.41, 5.74) is 11.8. The number of amides is 1. The van der Waals surface area contributed by atoms with Crippen molar-refractivity contribution >= 4 is 27.7 Å². The molecule has 2 heterocycles. The summed E-state index contributed by atoms with van der Waals surface area (Å²) >= 11 is 3.35. The molecule has 7 nitrogen and oxygen atoms in total. The second-order valence-electron chi connectivity index (χ2n) is 6.47. The molecule has 27 heavy (non-hydrogen) atoms. The Bertz CT molecular complexity index is 859. The Hall–Kier alpha value is -2.17. The predicted molar refractivity (Wildman–Crippen MR) is 99.7 cm³/mol. The van der Waals surface area contributed by atoms with Gasteiger partial charge in [-0.1, -0.05) is 0 Å². The van der Waals surface area contributed by atoms with Gasteiger partial charge >= 0.3 is 0 Å². The van der Waals surface area contributed by atoms with Crippen molar-refractivity contribution in [2.45, 2.75) is 24.4 Å². The molecule has 1 aliphatic heterocycles. The van der Waals surface area contributed by atoms with E-state index < -0.39 is 29.1 Å². The first-order valence-electron chi connectivity index (χ1n) is 8.33. The highest BCUT2D eigenvalue weighted by molar-refractivity contribution is 9.10. The van der Waals surface area contributed by atoms with Crippen LogP contribution >= 0.6 is 15.9 Å². The van der Waals surface area contributed by atoms with Crippen LogP contribution in [-0.2, 0) is 0 Å². The first kappa shape index (κ1) is 19.6. The molecule has 0 radical (unpaired) electrons. The summed E-state index contributed by atoms with van der Waals surface area (Å²) in [4.78, 5) is 20.8. The molecule has 2 aromatic rings. The molecule has 0 spiro atoms. The van der Waals surface area contributed by atoms with Crippen molar-refractivity contribution in [3.05, 3.63) is 51.9 Å². The van der Waals surface area contributed by atoms with Gasteiger partial charge in [0.2, 0.25) is 0 Å². The van der Waals surface area contributed by atoms with Crippen LogP contribution in [0.4, 0.5) is 14.6 Å². The number of nitrogens with zero attached hydrogens (tertiary/aromatic N) is 2. The Morgan fingerprint density at radius 2 is 2.00 bits per heavy atom. The van der Waals surface area contributed by atoms with Gasteiger partial charge in [0.05, 0.1) is 21.8 Å². The molecule has 1 atom stereocenters. The maximum atomic E-state index is 14.0. The predicted octanol–water partition coefficient (Wildman–Crippen LogP) is 1.65. The lowest BCUT2D eigenvalue weighted by Crippen LogP contribution is -2.58. The van der Waals surface area contributed by atoms with Crippen LogP contribution in [0.1, 0.15) is 34.9 Å². The number of rotatable bonds is 4. The fraction of sp³-hybridized carbons (Fsp3) is 0.353. The number of hydrogen-bond donors (Lipinski definition) is 4. The number of carbonyl (C=O) groups excluding carboxylic acids is 1. The SMILES string of the molecule is Nc1ncnc(C(NC(=O)c2ccc(F)cc2F)C2(N)CCNCC2)c1Br. The summed E-state index contributed by atoms with van der Waals surface area (Å²) in [6.45, 7) is 1.32. The minimum atomic E-state index is -0.955. The van der Waals surface area contributed by atoms with Gasteiger partial charge in [0.1, 0.15) is 23.8 Å². The molecule has 1 saturated heterocycles. The van der Waals surface area contributed by atoms with Crippen molar-refractivity contribution in [1.29, 1.82) is 0 Å². The third kappa shape index (κ3) is 4.07. The maximum absolute atomic E-state index is 14.0. The summed E-state index contributed by atoms with van der Waals surface area (Å²) in [6, 6.07) is 2.02. The van der Waals surface area contributed by atoms with Gasteiger partial charge in [-0.15, -0.1) is 0 Å². The summed E-state index contributed by atoms with van der Waals surface area (Å²) in [7, 11) is 0. The quantitative estimate of drug-likeness (QED) is 0.573. The Morgan fingerprint density at radius 3 is 2.67 bits per heavy atom. The minimum absolute atomic E-state index is 0.199. The van der Waals surface area contributed by atoms with E-state index in [4.69, 9.17) is 11.5 Å². The molecule has 0 aliphatic carbocycles. The van der Waals surface area contributed by atoms with E-state index in [1.807, 2.05) is 0 Å². The lowest BCUT2D eigenvalue weighted by Gasteiger charge is -2.41. The van der Waals surface area contributed by atoms with Crippen LogP contribution in [-0.4, -0.2) is 34.5 Å². The minimum Gasteiger partial charge on any atom is -0.383 e. The highest BCUT2D eigenvalue weighted by Crippen LogP contribution is 2.35. The van der Waals surface area contributed by atoms with Crippen LogP contribution < -0.4 is 22.1 Å². The van der Waals surface area contributed by atoms with Gasteiger partial charge in [-0.25, -0.2) is 18.7 Å². The molecule has 1 fully saturated rings. The number of hydrogen-bond acceptors (Lipinski definition) is 6. The first-order chi connectivity index (χ1) is 12.8. The van der Waals surface area contributed by atoms with E-state index in [0.717, 1.165) is 12.1 Å². The van der Waals surface area contributed by atoms with Gasteiger partial charge in [-0.05, 0) is 54.0 Å². The van der Waals surface area contributed by atoms with Crippen LogP contribution in [0, 0.1) is 11.6 Å². The largest absolute Gasteiger partial charge is 0.383 e. The molecule has 0 bridgehead atoms. The van der Waals surface area contributed by atoms with Gasteiger partial charge in [-0.3, -0.25) is 4.79 Å². The molecular formula is C17H19BrF2N6O. The molecule has 0 saturated carbocycles. The number of aromatic nitrogens is 2. The number of halogens is 3. The van der Waals surface area contributed by atoms with E-state index in [1.165, 1.54) is 6.33 Å². The van der Waals surface area contributed by atoms with E-state index in [2.05, 4.69) is 36.5 Å². The summed E-state index contributed by atoms with van der Waals surface area (Å²) < 4.78 is 27.6. The number of carbonyl (C=O) groups is 1. The van der Waals surface area contributed by atoms with Crippen molar-refractivity contribution in [2.75, 3.05) is 18.8 Å². The van der Waals surface area contributed by atoms with E-state index in [-0.39, 0.29) is 11.4 Å². The highest BCUT2D eigenvalue weighted by atomic mass is 79.9. The Kier molecular flexibility index (Phi) is 5.68. The van der Waals surface area contributed by atoms with Crippen LogP contribution in [0.15, 0.2) is 29.0 Å². The molecular weight excluding hydrogens is 422 g/mol. The Labute approximate surface area is 163 Å². The monoisotopic (exact) mass is 440 g/mol. The fourth-order valence-electron chi connectivity index (χ4n) is 3.15. The average molecular weight is 441 g/mol. The van der Waals surface area contributed by atoms with Crippen molar-refractivity contribution in [2.24, 2.45) is 5.73 Å². The number of nitrogens with one attached hydrogen (secondary N) is 2. The number of anilines is 1. The standard InChI is InChI=1S/C17H19BrF2N6O/c18-12-13(24-8-25-15(12)21)14(17(22)3-5-23-6-4-17)26-16(27)10-2-1-9(19)7-11(10)20/h1-2,7-8,14,23H,3-6,22H2,(H,26,27)(H2,21,24,25). The van der Waals surface area contributed by atoms with E-state index in [9.17, 15) is 13.6 Å². The van der Waals surface area contributed by atoms with E-state index in [0.29, 0.717) is 42.2 Å². The third-order valence-corrected chi connectivity index (χ3v) is 5.49. The number of nitrogens with two attached hydrogens (primary N) is 2. The Morgan fingerprint density at radius 1 is 1.30 bits per heavy atom. The molecule has 6 N–H and O–H groups in total. The van der Waals surface area contributed by atoms with Crippen LogP contribution in [0.3, 0.4) is 0 Å². The lowest BCUT2D eigenvalue weighted by molar-refractivity contribution is 0.0893. The zero-order valence-corrected chi connectivity index (χ0v) is 15.9. The van der Waals surface area contributed by atoms with Crippen LogP contribution in [0.5, 0.6) is 0 Å². The van der Waals surface area contributed by atoms with Gasteiger partial charge in [0.25, 0.3) is 5.91 Å². The number of nitrogen functional groups attached to an aromatic ring is 1. The van der Waals surface area contributed by atoms with Crippen molar-refractivity contribution in [3.8, 4) is 0 Å².